The highest BCUT2D eigenvalue weighted by Gasteiger charge is 2.00. The molecule has 2 heterocycles. The molecule has 0 saturated heterocycles. The molecule has 1 aliphatic rings. The summed E-state index contributed by atoms with van der Waals surface area (Å²) in [6, 6.07) is 0. The SMILES string of the molecule is N=[S@@]1C=c2o[nH]c2=NN1. The van der Waals surface area contributed by atoms with Crippen molar-refractivity contribution in [2.45, 2.75) is 0 Å². The van der Waals surface area contributed by atoms with Crippen LogP contribution in [-0.4, -0.2) is 5.16 Å². The van der Waals surface area contributed by atoms with Crippen LogP contribution in [0.15, 0.2) is 9.62 Å². The van der Waals surface area contributed by atoms with Crippen LogP contribution in [0.2, 0.25) is 0 Å². The summed E-state index contributed by atoms with van der Waals surface area (Å²) in [6.45, 7) is 0. The number of H-pyrrole nitrogens is 1. The molecule has 48 valence electrons. The van der Waals surface area contributed by atoms with Gasteiger partial charge in [-0.15, -0.1) is 5.10 Å². The van der Waals surface area contributed by atoms with Gasteiger partial charge < -0.3 is 4.52 Å². The maximum Gasteiger partial charge on any atom is 0.226 e. The lowest BCUT2D eigenvalue weighted by molar-refractivity contribution is 0.298. The summed E-state index contributed by atoms with van der Waals surface area (Å²) in [5, 5.41) is 7.94. The van der Waals surface area contributed by atoms with Gasteiger partial charge in [0.05, 0.1) is 5.41 Å². The third kappa shape index (κ3) is 0.595. The highest BCUT2D eigenvalue weighted by molar-refractivity contribution is 7.91. The molecule has 0 amide bonds. The fourth-order valence-electron chi connectivity index (χ4n) is 0.542. The zero-order valence-corrected chi connectivity index (χ0v) is 5.16. The number of hydrogen-bond donors (Lipinski definition) is 3. The van der Waals surface area contributed by atoms with Crippen LogP contribution >= 0.6 is 0 Å². The third-order valence-electron chi connectivity index (χ3n) is 0.972. The van der Waals surface area contributed by atoms with E-state index in [9.17, 15) is 0 Å². The first-order valence-electron chi connectivity index (χ1n) is 2.29. The van der Waals surface area contributed by atoms with Crippen LogP contribution in [0.4, 0.5) is 0 Å². The molecular weight excluding hydrogens is 140 g/mol. The maximum atomic E-state index is 7.15. The van der Waals surface area contributed by atoms with Gasteiger partial charge in [0.2, 0.25) is 10.9 Å². The zero-order valence-electron chi connectivity index (χ0n) is 4.34. The Bertz CT molecular complexity index is 346. The van der Waals surface area contributed by atoms with Crippen molar-refractivity contribution in [2.24, 2.45) is 5.10 Å². The third-order valence-corrected chi connectivity index (χ3v) is 1.71. The molecule has 0 fully saturated rings. The van der Waals surface area contributed by atoms with Gasteiger partial charge in [0.1, 0.15) is 0 Å². The fourth-order valence-corrected chi connectivity index (χ4v) is 1.16. The molecule has 0 aromatic carbocycles. The number of aromatic nitrogens is 1. The lowest BCUT2D eigenvalue weighted by Gasteiger charge is -2.03. The normalized spacial score (nSPS) is 23.3. The van der Waals surface area contributed by atoms with Crippen molar-refractivity contribution in [3.05, 3.63) is 10.9 Å². The summed E-state index contributed by atoms with van der Waals surface area (Å²) in [5.74, 6) is 0. The number of aromatic amines is 1. The zero-order chi connectivity index (χ0) is 6.27. The van der Waals surface area contributed by atoms with Gasteiger partial charge in [0.25, 0.3) is 0 Å². The molecule has 0 radical (unpaired) electrons. The second kappa shape index (κ2) is 1.47. The van der Waals surface area contributed by atoms with Crippen molar-refractivity contribution in [2.75, 3.05) is 0 Å². The van der Waals surface area contributed by atoms with Crippen molar-refractivity contribution in [1.29, 1.82) is 4.78 Å². The molecule has 0 aliphatic carbocycles. The van der Waals surface area contributed by atoms with Crippen LogP contribution in [-0.2, 0) is 10.9 Å². The molecule has 5 nitrogen and oxygen atoms in total. The second-order valence-electron chi connectivity index (χ2n) is 1.58. The molecule has 1 aromatic heterocycles. The lowest BCUT2D eigenvalue weighted by atomic mass is 10.7. The van der Waals surface area contributed by atoms with Crippen LogP contribution in [0.1, 0.15) is 0 Å². The van der Waals surface area contributed by atoms with Crippen molar-refractivity contribution in [3.8, 4) is 0 Å². The van der Waals surface area contributed by atoms with E-state index in [1.807, 2.05) is 0 Å². The Morgan fingerprint density at radius 1 is 1.78 bits per heavy atom. The molecule has 3 N–H and O–H groups in total. The molecule has 9 heavy (non-hydrogen) atoms. The van der Waals surface area contributed by atoms with E-state index in [1.165, 1.54) is 0 Å². The van der Waals surface area contributed by atoms with Crippen molar-refractivity contribution in [3.63, 3.8) is 0 Å². The monoisotopic (exact) mass is 144 g/mol. The van der Waals surface area contributed by atoms with E-state index in [-0.39, 0.29) is 0 Å². The van der Waals surface area contributed by atoms with Gasteiger partial charge in [-0.05, 0) is 0 Å². The molecule has 0 saturated carbocycles. The van der Waals surface area contributed by atoms with Gasteiger partial charge in [-0.2, -0.15) is 5.16 Å². The Labute approximate surface area is 52.4 Å². The topological polar surface area (TPSA) is 77.2 Å². The molecular formula is C3H4N4OS. The van der Waals surface area contributed by atoms with Gasteiger partial charge in [0.15, 0.2) is 0 Å². The Hall–Kier alpha value is -1.04. The summed E-state index contributed by atoms with van der Waals surface area (Å²) in [4.78, 5) is 2.58. The molecule has 0 spiro atoms. The van der Waals surface area contributed by atoms with Crippen LogP contribution in [0.3, 0.4) is 0 Å². The molecule has 1 atom stereocenters. The van der Waals surface area contributed by atoms with Crippen LogP contribution in [0, 0.1) is 4.78 Å². The Morgan fingerprint density at radius 3 is 3.11 bits per heavy atom. The van der Waals surface area contributed by atoms with Crippen molar-refractivity contribution in [1.82, 2.24) is 9.99 Å². The van der Waals surface area contributed by atoms with Crippen LogP contribution in [0.5, 0.6) is 0 Å². The molecule has 1 aromatic rings. The summed E-state index contributed by atoms with van der Waals surface area (Å²) in [5.41, 5.74) is 1.36. The highest BCUT2D eigenvalue weighted by atomic mass is 32.2. The van der Waals surface area contributed by atoms with E-state index >= 15 is 0 Å². The van der Waals surface area contributed by atoms with Gasteiger partial charge >= 0.3 is 0 Å². The maximum absolute atomic E-state index is 7.15. The predicted octanol–water partition coefficient (Wildman–Crippen LogP) is -1.22. The van der Waals surface area contributed by atoms with Gasteiger partial charge in [0, 0.05) is 10.9 Å². The number of nitrogens with zero attached hydrogens (tertiary/aromatic N) is 1. The Morgan fingerprint density at radius 2 is 2.67 bits per heavy atom. The number of fused-ring (bicyclic) bond motifs is 1. The quantitative estimate of drug-likeness (QED) is 0.427. The molecule has 2 rings (SSSR count). The number of rotatable bonds is 0. The Kier molecular flexibility index (Phi) is 0.786. The van der Waals surface area contributed by atoms with Crippen molar-refractivity contribution >= 4 is 16.3 Å². The van der Waals surface area contributed by atoms with E-state index in [2.05, 4.69) is 15.1 Å². The summed E-state index contributed by atoms with van der Waals surface area (Å²) >= 11 is 0. The first kappa shape index (κ1) is 4.80. The standard InChI is InChI=1S/C3H4N4OS/c4-9-1-2-3(5-7-9)6-8-2/h1H,(H2,4,7)(H,5,6)/t9-/m0/s1. The predicted molar refractivity (Wildman–Crippen MR) is 31.5 cm³/mol. The minimum atomic E-state index is -0.704. The molecule has 0 bridgehead atoms. The van der Waals surface area contributed by atoms with Gasteiger partial charge in [-0.1, -0.05) is 0 Å². The smallest absolute Gasteiger partial charge is 0.226 e. The summed E-state index contributed by atoms with van der Waals surface area (Å²) in [6.07, 6.45) is 0. The largest absolute Gasteiger partial charge is 0.376 e. The lowest BCUT2D eigenvalue weighted by Crippen LogP contribution is -2.41. The average molecular weight is 144 g/mol. The average Bonchev–Trinajstić information content (AvgIpc) is 1.78. The van der Waals surface area contributed by atoms with Gasteiger partial charge in [-0.25, -0.2) is 4.83 Å². The van der Waals surface area contributed by atoms with E-state index in [1.54, 1.807) is 5.41 Å². The fraction of sp³-hybridized carbons (Fsp3) is 0. The Balaban J connectivity index is 2.75. The summed E-state index contributed by atoms with van der Waals surface area (Å²) < 4.78 is 11.9. The first-order valence-corrected chi connectivity index (χ1v) is 3.58. The van der Waals surface area contributed by atoms with Crippen LogP contribution < -0.4 is 15.7 Å². The van der Waals surface area contributed by atoms with E-state index in [0.29, 0.717) is 10.9 Å². The molecule has 6 heteroatoms. The number of nitrogens with one attached hydrogen (secondary N) is 3. The van der Waals surface area contributed by atoms with Gasteiger partial charge in [-0.3, -0.25) is 4.78 Å². The first-order chi connectivity index (χ1) is 4.36. The highest BCUT2D eigenvalue weighted by Crippen LogP contribution is 1.80. The molecule has 1 aliphatic heterocycles. The second-order valence-corrected chi connectivity index (χ2v) is 2.67. The van der Waals surface area contributed by atoms with E-state index in [4.69, 9.17) is 9.30 Å². The van der Waals surface area contributed by atoms with Crippen LogP contribution in [0.25, 0.3) is 5.41 Å². The minimum Gasteiger partial charge on any atom is -0.376 e. The van der Waals surface area contributed by atoms with E-state index in [0.717, 1.165) is 0 Å². The molecule has 0 unspecified atom stereocenters. The summed E-state index contributed by atoms with van der Waals surface area (Å²) in [7, 11) is -0.704. The van der Waals surface area contributed by atoms with Crippen molar-refractivity contribution < 1.29 is 4.52 Å². The minimum absolute atomic E-state index is 0.673. The number of hydrogen-bond acceptors (Lipinski definition) is 3. The van der Waals surface area contributed by atoms with E-state index < -0.39 is 10.9 Å².